The molecule has 0 spiro atoms. The Bertz CT molecular complexity index is 832. The number of nitrogens with zero attached hydrogens (tertiary/aromatic N) is 1. The Kier molecular flexibility index (Phi) is 5.84. The van der Waals surface area contributed by atoms with Crippen LogP contribution < -0.4 is 9.04 Å². The summed E-state index contributed by atoms with van der Waals surface area (Å²) in [5.74, 6) is 0.530. The molecule has 0 radical (unpaired) electrons. The third kappa shape index (κ3) is 4.77. The van der Waals surface area contributed by atoms with E-state index in [2.05, 4.69) is 6.92 Å². The van der Waals surface area contributed by atoms with Crippen LogP contribution in [0, 0.1) is 0 Å². The maximum absolute atomic E-state index is 12.9. The molecule has 1 atom stereocenters. The van der Waals surface area contributed by atoms with E-state index < -0.39 is 10.0 Å². The number of para-hydroxylation sites is 1. The van der Waals surface area contributed by atoms with Gasteiger partial charge in [0.05, 0.1) is 18.0 Å². The Morgan fingerprint density at radius 3 is 2.58 bits per heavy atom. The molecular formula is C20H25NO4S. The van der Waals surface area contributed by atoms with E-state index in [9.17, 15) is 8.42 Å². The molecule has 1 aliphatic rings. The molecule has 140 valence electrons. The number of anilines is 1. The van der Waals surface area contributed by atoms with Crippen molar-refractivity contribution in [3.8, 4) is 5.75 Å². The highest BCUT2D eigenvalue weighted by molar-refractivity contribution is 7.92. The second-order valence-corrected chi connectivity index (χ2v) is 8.52. The summed E-state index contributed by atoms with van der Waals surface area (Å²) in [5.41, 5.74) is 2.47. The van der Waals surface area contributed by atoms with Crippen molar-refractivity contribution in [2.24, 2.45) is 0 Å². The zero-order valence-corrected chi connectivity index (χ0v) is 16.0. The fourth-order valence-corrected chi connectivity index (χ4v) is 4.00. The topological polar surface area (TPSA) is 59.1 Å². The minimum absolute atomic E-state index is 0.105. The largest absolute Gasteiger partial charge is 0.490 e. The Labute approximate surface area is 155 Å². The molecule has 2 aromatic carbocycles. The molecule has 2 aromatic rings. The van der Waals surface area contributed by atoms with Crippen molar-refractivity contribution >= 4 is 15.7 Å². The molecule has 0 amide bonds. The molecule has 1 unspecified atom stereocenters. The Morgan fingerprint density at radius 2 is 1.92 bits per heavy atom. The lowest BCUT2D eigenvalue weighted by atomic mass is 10.1. The second-order valence-electron chi connectivity index (χ2n) is 6.52. The van der Waals surface area contributed by atoms with Crippen molar-refractivity contribution in [2.75, 3.05) is 24.6 Å². The van der Waals surface area contributed by atoms with Crippen LogP contribution in [-0.2, 0) is 26.9 Å². The van der Waals surface area contributed by atoms with Gasteiger partial charge >= 0.3 is 0 Å². The van der Waals surface area contributed by atoms with Crippen molar-refractivity contribution in [2.45, 2.75) is 31.6 Å². The second kappa shape index (κ2) is 8.10. The van der Waals surface area contributed by atoms with Crippen LogP contribution in [0.1, 0.15) is 24.5 Å². The number of hydrogen-bond donors (Lipinski definition) is 0. The maximum Gasteiger partial charge on any atom is 0.239 e. The van der Waals surface area contributed by atoms with Crippen LogP contribution in [0.2, 0.25) is 0 Å². The molecule has 0 aliphatic carbocycles. The smallest absolute Gasteiger partial charge is 0.239 e. The molecule has 0 saturated carbocycles. The van der Waals surface area contributed by atoms with Gasteiger partial charge in [0.2, 0.25) is 10.0 Å². The zero-order chi connectivity index (χ0) is 18.6. The van der Waals surface area contributed by atoms with Gasteiger partial charge in [0, 0.05) is 12.6 Å². The van der Waals surface area contributed by atoms with Gasteiger partial charge in [0.15, 0.2) is 0 Å². The van der Waals surface area contributed by atoms with E-state index in [-0.39, 0.29) is 11.9 Å². The summed E-state index contributed by atoms with van der Waals surface area (Å²) in [6, 6.07) is 14.9. The first-order chi connectivity index (χ1) is 12.5. The number of sulfonamides is 1. The summed E-state index contributed by atoms with van der Waals surface area (Å²) < 4.78 is 38.1. The predicted molar refractivity (Wildman–Crippen MR) is 103 cm³/mol. The van der Waals surface area contributed by atoms with Gasteiger partial charge in [0.1, 0.15) is 18.5 Å². The maximum atomic E-state index is 12.9. The van der Waals surface area contributed by atoms with Gasteiger partial charge in [-0.3, -0.25) is 4.31 Å². The number of epoxide rings is 1. The minimum atomic E-state index is -3.51. The number of ether oxygens (including phenoxy) is 2. The van der Waals surface area contributed by atoms with Gasteiger partial charge in [-0.25, -0.2) is 8.42 Å². The standard InChI is InChI=1S/C20H25NO4S/c1-3-7-16-10-11-17(20(12-16)25-14-19-13-24-19)15-26(22,23)21(2)18-8-5-4-6-9-18/h4-6,8-12,19H,3,7,13-15H2,1-2H3. The number of hydrogen-bond acceptors (Lipinski definition) is 4. The van der Waals surface area contributed by atoms with Crippen LogP contribution in [0.3, 0.4) is 0 Å². The Morgan fingerprint density at radius 1 is 1.19 bits per heavy atom. The van der Waals surface area contributed by atoms with Crippen LogP contribution in [-0.4, -0.2) is 34.8 Å². The summed E-state index contributed by atoms with van der Waals surface area (Å²) >= 11 is 0. The molecule has 26 heavy (non-hydrogen) atoms. The summed E-state index contributed by atoms with van der Waals surface area (Å²) in [5, 5.41) is 0. The lowest BCUT2D eigenvalue weighted by Gasteiger charge is -2.20. The predicted octanol–water partition coefficient (Wildman–Crippen LogP) is 3.38. The van der Waals surface area contributed by atoms with E-state index in [1.165, 1.54) is 4.31 Å². The highest BCUT2D eigenvalue weighted by atomic mass is 32.2. The fourth-order valence-electron chi connectivity index (χ4n) is 2.74. The quantitative estimate of drug-likeness (QED) is 0.631. The number of rotatable bonds is 9. The molecule has 1 saturated heterocycles. The molecule has 3 rings (SSSR count). The van der Waals surface area contributed by atoms with Crippen molar-refractivity contribution in [3.63, 3.8) is 0 Å². The van der Waals surface area contributed by atoms with Crippen LogP contribution in [0.5, 0.6) is 5.75 Å². The highest BCUT2D eigenvalue weighted by Gasteiger charge is 2.25. The summed E-state index contributed by atoms with van der Waals surface area (Å²) in [4.78, 5) is 0. The SMILES string of the molecule is CCCc1ccc(CS(=O)(=O)N(C)c2ccccc2)c(OCC2CO2)c1. The van der Waals surface area contributed by atoms with Crippen molar-refractivity contribution < 1.29 is 17.9 Å². The molecule has 6 heteroatoms. The first kappa shape index (κ1) is 18.7. The van der Waals surface area contributed by atoms with Gasteiger partial charge in [0.25, 0.3) is 0 Å². The summed E-state index contributed by atoms with van der Waals surface area (Å²) in [6.07, 6.45) is 2.09. The van der Waals surface area contributed by atoms with E-state index in [1.807, 2.05) is 36.4 Å². The molecule has 0 bridgehead atoms. The third-order valence-electron chi connectivity index (χ3n) is 4.37. The molecule has 0 N–H and O–H groups in total. The highest BCUT2D eigenvalue weighted by Crippen LogP contribution is 2.27. The number of benzene rings is 2. The molecule has 0 aromatic heterocycles. The molecule has 1 heterocycles. The average molecular weight is 375 g/mol. The lowest BCUT2D eigenvalue weighted by molar-refractivity contribution is 0.261. The summed E-state index contributed by atoms with van der Waals surface area (Å²) in [7, 11) is -1.94. The minimum Gasteiger partial charge on any atom is -0.490 e. The van der Waals surface area contributed by atoms with E-state index in [0.29, 0.717) is 30.2 Å². The average Bonchev–Trinajstić information content (AvgIpc) is 3.46. The van der Waals surface area contributed by atoms with Crippen molar-refractivity contribution in [3.05, 3.63) is 59.7 Å². The monoisotopic (exact) mass is 375 g/mol. The van der Waals surface area contributed by atoms with E-state index in [0.717, 1.165) is 18.4 Å². The van der Waals surface area contributed by atoms with E-state index in [4.69, 9.17) is 9.47 Å². The fraction of sp³-hybridized carbons (Fsp3) is 0.400. The number of aryl methyl sites for hydroxylation is 1. The molecule has 1 aliphatic heterocycles. The van der Waals surface area contributed by atoms with E-state index in [1.54, 1.807) is 19.2 Å². The molecule has 1 fully saturated rings. The van der Waals surface area contributed by atoms with Gasteiger partial charge < -0.3 is 9.47 Å². The Balaban J connectivity index is 1.82. The molecule has 5 nitrogen and oxygen atoms in total. The van der Waals surface area contributed by atoms with Crippen LogP contribution in [0.4, 0.5) is 5.69 Å². The normalized spacial score (nSPS) is 16.3. The van der Waals surface area contributed by atoms with Crippen molar-refractivity contribution in [1.82, 2.24) is 0 Å². The third-order valence-corrected chi connectivity index (χ3v) is 6.09. The van der Waals surface area contributed by atoms with Gasteiger partial charge in [-0.15, -0.1) is 0 Å². The zero-order valence-electron chi connectivity index (χ0n) is 15.2. The lowest BCUT2D eigenvalue weighted by Crippen LogP contribution is -2.28. The van der Waals surface area contributed by atoms with Crippen LogP contribution >= 0.6 is 0 Å². The summed E-state index contributed by atoms with van der Waals surface area (Å²) in [6.45, 7) is 3.28. The van der Waals surface area contributed by atoms with Crippen LogP contribution in [0.15, 0.2) is 48.5 Å². The van der Waals surface area contributed by atoms with Crippen molar-refractivity contribution in [1.29, 1.82) is 0 Å². The molecular weight excluding hydrogens is 350 g/mol. The Hall–Kier alpha value is -2.05. The van der Waals surface area contributed by atoms with E-state index >= 15 is 0 Å². The van der Waals surface area contributed by atoms with Crippen LogP contribution in [0.25, 0.3) is 0 Å². The van der Waals surface area contributed by atoms with Gasteiger partial charge in [-0.1, -0.05) is 43.7 Å². The van der Waals surface area contributed by atoms with Gasteiger partial charge in [-0.05, 0) is 30.2 Å². The first-order valence-corrected chi connectivity index (χ1v) is 10.5. The first-order valence-electron chi connectivity index (χ1n) is 8.87. The van der Waals surface area contributed by atoms with Gasteiger partial charge in [-0.2, -0.15) is 0 Å².